The van der Waals surface area contributed by atoms with Crippen molar-refractivity contribution in [1.82, 2.24) is 14.5 Å². The molecule has 0 radical (unpaired) electrons. The van der Waals surface area contributed by atoms with Crippen molar-refractivity contribution >= 4 is 61.1 Å². The molecule has 0 aromatic carbocycles. The molecule has 2 rings (SSSR count). The Morgan fingerprint density at radius 3 is 2.53 bits per heavy atom. The molecular formula is C28H41F3N4O6S4. The zero-order valence-corrected chi connectivity index (χ0v) is 29.6. The van der Waals surface area contributed by atoms with E-state index in [1.165, 1.54) is 38.7 Å². The number of aromatic nitrogens is 2. The number of aliphatic hydroxyl groups excluding tert-OH is 1. The number of aliphatic imine (C=N–C) groups is 1. The number of carbonyl (C=O) groups is 1. The summed E-state index contributed by atoms with van der Waals surface area (Å²) in [6.07, 6.45) is -3.71. The molecule has 1 unspecified atom stereocenters. The highest BCUT2D eigenvalue weighted by Gasteiger charge is 2.39. The van der Waals surface area contributed by atoms with Crippen LogP contribution in [0.4, 0.5) is 19.0 Å². The molecule has 1 saturated heterocycles. The van der Waals surface area contributed by atoms with Crippen LogP contribution < -0.4 is 5.69 Å². The zero-order valence-electron chi connectivity index (χ0n) is 26.4. The number of hydrogen-bond donors (Lipinski definition) is 1. The van der Waals surface area contributed by atoms with E-state index < -0.39 is 47.3 Å². The van der Waals surface area contributed by atoms with E-state index in [0.717, 1.165) is 0 Å². The minimum Gasteiger partial charge on any atom is -0.394 e. The van der Waals surface area contributed by atoms with Gasteiger partial charge in [0.2, 0.25) is 5.78 Å². The summed E-state index contributed by atoms with van der Waals surface area (Å²) in [5.41, 5.74) is -0.227. The van der Waals surface area contributed by atoms with Gasteiger partial charge >= 0.3 is 11.9 Å². The maximum Gasteiger partial charge on any atom is 0.449 e. The Labute approximate surface area is 278 Å². The predicted molar refractivity (Wildman–Crippen MR) is 178 cm³/mol. The van der Waals surface area contributed by atoms with Gasteiger partial charge in [0, 0.05) is 42.6 Å². The largest absolute Gasteiger partial charge is 0.449 e. The number of hydrogen-bond acceptors (Lipinski definition) is 12. The fraction of sp³-hybridized carbons (Fsp3) is 0.714. The van der Waals surface area contributed by atoms with Crippen LogP contribution in [-0.2, 0) is 19.0 Å². The molecule has 254 valence electrons. The Bertz CT molecular complexity index is 1260. The van der Waals surface area contributed by atoms with Crippen LogP contribution >= 0.6 is 43.2 Å². The lowest BCUT2D eigenvalue weighted by Gasteiger charge is -2.22. The maximum absolute atomic E-state index is 13.0. The van der Waals surface area contributed by atoms with Gasteiger partial charge in [-0.2, -0.15) is 18.2 Å². The first-order valence-electron chi connectivity index (χ1n) is 13.9. The number of ketones is 1. The Kier molecular flexibility index (Phi) is 16.1. The highest BCUT2D eigenvalue weighted by molar-refractivity contribution is 8.77. The van der Waals surface area contributed by atoms with Crippen molar-refractivity contribution < 1.29 is 37.3 Å². The number of rotatable bonds is 16. The van der Waals surface area contributed by atoms with E-state index in [0.29, 0.717) is 17.9 Å². The molecule has 1 fully saturated rings. The minimum absolute atomic E-state index is 0.0309. The fourth-order valence-electron chi connectivity index (χ4n) is 3.59. The van der Waals surface area contributed by atoms with Crippen molar-refractivity contribution in [3.8, 4) is 11.8 Å². The van der Waals surface area contributed by atoms with Gasteiger partial charge in [-0.25, -0.2) is 9.79 Å². The third-order valence-electron chi connectivity index (χ3n) is 5.74. The fourth-order valence-corrected chi connectivity index (χ4v) is 7.85. The number of Topliss-reactive ketones (excluding diaryl/α,β-unsaturated/α-hetero) is 1. The van der Waals surface area contributed by atoms with Crippen molar-refractivity contribution in [1.29, 1.82) is 0 Å². The van der Waals surface area contributed by atoms with Crippen LogP contribution in [0, 0.1) is 11.8 Å². The first kappa shape index (κ1) is 39.8. The lowest BCUT2D eigenvalue weighted by atomic mass is 10.0. The van der Waals surface area contributed by atoms with Gasteiger partial charge in [-0.1, -0.05) is 75.8 Å². The minimum atomic E-state index is -4.82. The molecule has 0 bridgehead atoms. The second-order valence-corrected chi connectivity index (χ2v) is 17.7. The van der Waals surface area contributed by atoms with Crippen molar-refractivity contribution in [2.24, 2.45) is 4.99 Å². The van der Waals surface area contributed by atoms with E-state index in [1.807, 2.05) is 0 Å². The summed E-state index contributed by atoms with van der Waals surface area (Å²) in [7, 11) is 9.44. The van der Waals surface area contributed by atoms with Gasteiger partial charge in [-0.05, 0) is 20.3 Å². The average molecular weight is 715 g/mol. The lowest BCUT2D eigenvalue weighted by Crippen LogP contribution is -2.28. The predicted octanol–water partition coefficient (Wildman–Crippen LogP) is 5.66. The number of ether oxygens (including phenoxy) is 3. The third-order valence-corrected chi connectivity index (χ3v) is 11.8. The first-order valence-corrected chi connectivity index (χ1v) is 18.6. The second kappa shape index (κ2) is 18.2. The van der Waals surface area contributed by atoms with Crippen LogP contribution in [0.3, 0.4) is 0 Å². The number of alkyl halides is 3. The van der Waals surface area contributed by atoms with Crippen LogP contribution in [0.5, 0.6) is 0 Å². The van der Waals surface area contributed by atoms with Crippen LogP contribution in [0.25, 0.3) is 0 Å². The lowest BCUT2D eigenvalue weighted by molar-refractivity contribution is -0.171. The van der Waals surface area contributed by atoms with Gasteiger partial charge in [-0.15, -0.1) is 0 Å². The van der Waals surface area contributed by atoms with E-state index in [2.05, 4.69) is 42.6 Å². The molecule has 1 aromatic rings. The Balaban J connectivity index is 2.04. The average Bonchev–Trinajstić information content (AvgIpc) is 3.34. The third kappa shape index (κ3) is 14.9. The molecule has 45 heavy (non-hydrogen) atoms. The Hall–Kier alpha value is -1.39. The van der Waals surface area contributed by atoms with Gasteiger partial charge in [0.1, 0.15) is 30.8 Å². The number of nitrogens with zero attached hydrogens (tertiary/aromatic N) is 4. The smallest absolute Gasteiger partial charge is 0.394 e. The topological polar surface area (TPSA) is 115 Å². The molecule has 1 aliphatic heterocycles. The van der Waals surface area contributed by atoms with Gasteiger partial charge in [0.25, 0.3) is 0 Å². The summed E-state index contributed by atoms with van der Waals surface area (Å²) < 4.78 is 55.7. The summed E-state index contributed by atoms with van der Waals surface area (Å²) in [5.74, 6) is 4.83. The molecule has 1 aliphatic rings. The summed E-state index contributed by atoms with van der Waals surface area (Å²) in [6.45, 7) is 9.61. The van der Waals surface area contributed by atoms with Gasteiger partial charge in [-0.3, -0.25) is 9.36 Å². The number of carbonyl (C=O) groups excluding carboxylic acids is 1. The molecule has 0 aliphatic carbocycles. The highest BCUT2D eigenvalue weighted by Crippen LogP contribution is 2.40. The van der Waals surface area contributed by atoms with Gasteiger partial charge < -0.3 is 24.2 Å². The van der Waals surface area contributed by atoms with E-state index >= 15 is 0 Å². The summed E-state index contributed by atoms with van der Waals surface area (Å²) >= 11 is 0. The van der Waals surface area contributed by atoms with Gasteiger partial charge in [0.15, 0.2) is 5.82 Å². The second-order valence-electron chi connectivity index (χ2n) is 11.7. The summed E-state index contributed by atoms with van der Waals surface area (Å²) in [6, 6.07) is 0. The molecule has 1 N–H and O–H groups in total. The molecule has 0 spiro atoms. The monoisotopic (exact) mass is 714 g/mol. The molecule has 2 heterocycles. The molecule has 10 nitrogen and oxygen atoms in total. The van der Waals surface area contributed by atoms with Gasteiger partial charge in [0.05, 0.1) is 24.6 Å². The van der Waals surface area contributed by atoms with Crippen LogP contribution in [0.1, 0.15) is 65.7 Å². The maximum atomic E-state index is 13.0. The Morgan fingerprint density at radius 2 is 1.91 bits per heavy atom. The standard InChI is InChI=1S/C28H41F3N4O6S4/c1-26(2,3)44-43-18-40-20-13-23(41-21(20)15-36)35-14-19(24(33-25(35)38)32-16-34(6)7)9-8-12-39-17-42-45-27(4,5)11-10-22(37)28(29,30)31/h14,16,20-21,23,36H,10-13,15,17-18H2,1-7H3/t20?,21-,23-/m1/s1. The van der Waals surface area contributed by atoms with Crippen molar-refractivity contribution in [2.45, 2.75) is 88.0 Å². The summed E-state index contributed by atoms with van der Waals surface area (Å²) in [4.78, 5) is 34.2. The number of aliphatic hydroxyl groups is 1. The molecule has 3 atom stereocenters. The van der Waals surface area contributed by atoms with E-state index in [4.69, 9.17) is 14.2 Å². The van der Waals surface area contributed by atoms with E-state index in [1.54, 1.807) is 54.4 Å². The van der Waals surface area contributed by atoms with Crippen molar-refractivity contribution in [3.63, 3.8) is 0 Å². The Morgan fingerprint density at radius 1 is 1.22 bits per heavy atom. The van der Waals surface area contributed by atoms with E-state index in [-0.39, 0.29) is 36.1 Å². The number of halogens is 3. The van der Waals surface area contributed by atoms with E-state index in [9.17, 15) is 27.9 Å². The van der Waals surface area contributed by atoms with Crippen molar-refractivity contribution in [3.05, 3.63) is 22.2 Å². The summed E-state index contributed by atoms with van der Waals surface area (Å²) in [5, 5.41) is 9.87. The quantitative estimate of drug-likeness (QED) is 0.0569. The first-order chi connectivity index (χ1) is 20.9. The normalized spacial score (nSPS) is 19.1. The molecule has 0 amide bonds. The zero-order chi connectivity index (χ0) is 33.8. The molecular weight excluding hydrogens is 674 g/mol. The van der Waals surface area contributed by atoms with Crippen LogP contribution in [0.2, 0.25) is 0 Å². The van der Waals surface area contributed by atoms with Crippen LogP contribution in [0.15, 0.2) is 16.0 Å². The van der Waals surface area contributed by atoms with Crippen molar-refractivity contribution in [2.75, 3.05) is 39.2 Å². The SMILES string of the molecule is CN(C)C=Nc1nc(=O)n([C@H]2CC(OCSSC(C)(C)C)[C@@H](CO)O2)cc1C#CCOCSSC(C)(C)CCC(=O)C(F)(F)F. The van der Waals surface area contributed by atoms with Crippen LogP contribution in [-0.4, -0.2) is 98.7 Å². The highest BCUT2D eigenvalue weighted by atomic mass is 33.1. The molecule has 0 saturated carbocycles. The molecule has 17 heteroatoms. The molecule has 1 aromatic heterocycles.